The molecule has 0 aliphatic carbocycles. The number of rotatable bonds is 12. The maximum atomic E-state index is 12.0. The fourth-order valence-electron chi connectivity index (χ4n) is 3.20. The quantitative estimate of drug-likeness (QED) is 0.220. The molecular weight excluding hydrogens is 484 g/mol. The highest BCUT2D eigenvalue weighted by atomic mass is 16.6. The van der Waals surface area contributed by atoms with Crippen LogP contribution in [0.4, 0.5) is 14.4 Å². The summed E-state index contributed by atoms with van der Waals surface area (Å²) in [7, 11) is 1.95. The second kappa shape index (κ2) is 14.3. The molecule has 12 heteroatoms. The number of carbonyl (C=O) groups excluding carboxylic acids is 3. The molecule has 0 aromatic heterocycles. The van der Waals surface area contributed by atoms with Crippen molar-refractivity contribution >= 4 is 24.2 Å². The Hall–Kier alpha value is -2.76. The first-order chi connectivity index (χ1) is 16.6. The summed E-state index contributed by atoms with van der Waals surface area (Å²) in [6, 6.07) is -1.11. The molecule has 3 amide bonds. The third-order valence-electron chi connectivity index (χ3n) is 4.82. The van der Waals surface area contributed by atoms with Crippen molar-refractivity contribution in [3.63, 3.8) is 0 Å². The minimum Gasteiger partial charge on any atom is -0.480 e. The van der Waals surface area contributed by atoms with Crippen molar-refractivity contribution in [1.82, 2.24) is 16.0 Å². The van der Waals surface area contributed by atoms with Gasteiger partial charge in [0.2, 0.25) is 0 Å². The first kappa shape index (κ1) is 34.2. The first-order valence-electron chi connectivity index (χ1n) is 12.6. The summed E-state index contributed by atoms with van der Waals surface area (Å²) >= 11 is 0. The van der Waals surface area contributed by atoms with E-state index in [1.807, 2.05) is 7.05 Å². The average molecular weight is 534 g/mol. The van der Waals surface area contributed by atoms with Gasteiger partial charge in [0, 0.05) is 0 Å². The van der Waals surface area contributed by atoms with Gasteiger partial charge in [0.1, 0.15) is 22.8 Å². The van der Waals surface area contributed by atoms with Gasteiger partial charge in [-0.2, -0.15) is 0 Å². The summed E-state index contributed by atoms with van der Waals surface area (Å²) in [6.45, 7) is 17.9. The lowest BCUT2D eigenvalue weighted by atomic mass is 10.1. The Morgan fingerprint density at radius 2 is 1.08 bits per heavy atom. The maximum Gasteiger partial charge on any atom is 0.408 e. The van der Waals surface area contributed by atoms with Gasteiger partial charge in [-0.3, -0.25) is 0 Å². The van der Waals surface area contributed by atoms with E-state index in [2.05, 4.69) is 16.0 Å². The van der Waals surface area contributed by atoms with Crippen LogP contribution in [0.15, 0.2) is 0 Å². The molecule has 0 aliphatic rings. The molecule has 0 spiro atoms. The molecule has 0 saturated carbocycles. The molecule has 37 heavy (non-hydrogen) atoms. The molecular formula is C25H49N4O8+. The second-order valence-electron chi connectivity index (χ2n) is 12.3. The Balaban J connectivity index is 5.10. The first-order valence-corrected chi connectivity index (χ1v) is 12.6. The lowest BCUT2D eigenvalue weighted by Crippen LogP contribution is -2.53. The van der Waals surface area contributed by atoms with Crippen molar-refractivity contribution in [2.24, 2.45) is 0 Å². The molecule has 12 nitrogen and oxygen atoms in total. The van der Waals surface area contributed by atoms with E-state index in [1.165, 1.54) is 0 Å². The van der Waals surface area contributed by atoms with E-state index in [4.69, 9.17) is 14.2 Å². The van der Waals surface area contributed by atoms with E-state index >= 15 is 0 Å². The number of nitrogens with one attached hydrogen (secondary N) is 3. The van der Waals surface area contributed by atoms with Gasteiger partial charge in [-0.05, 0) is 75.2 Å². The summed E-state index contributed by atoms with van der Waals surface area (Å²) in [5.74, 6) is -1.15. The molecule has 0 bridgehead atoms. The van der Waals surface area contributed by atoms with Crippen LogP contribution >= 0.6 is 0 Å². The highest BCUT2D eigenvalue weighted by Gasteiger charge is 2.27. The molecule has 216 valence electrons. The molecule has 4 N–H and O–H groups in total. The molecule has 0 saturated heterocycles. The van der Waals surface area contributed by atoms with Gasteiger partial charge in [0.25, 0.3) is 0 Å². The summed E-state index contributed by atoms with van der Waals surface area (Å²) in [5.41, 5.74) is -1.98. The van der Waals surface area contributed by atoms with Gasteiger partial charge in [0.15, 0.2) is 0 Å². The minimum absolute atomic E-state index is 0.182. The Bertz CT molecular complexity index is 732. The van der Waals surface area contributed by atoms with Crippen LogP contribution in [0.2, 0.25) is 0 Å². The third kappa shape index (κ3) is 19.1. The predicted octanol–water partition coefficient (Wildman–Crippen LogP) is 3.24. The Morgan fingerprint density at radius 3 is 1.43 bits per heavy atom. The van der Waals surface area contributed by atoms with Gasteiger partial charge in [-0.15, -0.1) is 0 Å². The van der Waals surface area contributed by atoms with E-state index in [1.54, 1.807) is 62.3 Å². The lowest BCUT2D eigenvalue weighted by Gasteiger charge is -2.35. The van der Waals surface area contributed by atoms with Crippen LogP contribution in [0, 0.1) is 0 Å². The summed E-state index contributed by atoms with van der Waals surface area (Å²) in [6.07, 6.45) is -1.21. The van der Waals surface area contributed by atoms with Crippen LogP contribution in [0.1, 0.15) is 75.2 Å². The fraction of sp³-hybridized carbons (Fsp3) is 0.840. The number of quaternary nitrogens is 1. The summed E-state index contributed by atoms with van der Waals surface area (Å²) < 4.78 is 16.1. The van der Waals surface area contributed by atoms with Gasteiger partial charge < -0.3 is 39.8 Å². The molecule has 0 aliphatic heterocycles. The number of hydrogen-bond acceptors (Lipinski definition) is 7. The van der Waals surface area contributed by atoms with Gasteiger partial charge >= 0.3 is 24.2 Å². The van der Waals surface area contributed by atoms with Crippen LogP contribution in [-0.2, 0) is 19.0 Å². The largest absolute Gasteiger partial charge is 0.480 e. The number of hydrogen-bond donors (Lipinski definition) is 4. The molecule has 0 rings (SSSR count). The molecule has 0 radical (unpaired) electrons. The SMILES string of the molecule is CC(C)(C)OC(=O)NCC[N+](C)(CCC[C@H](NC(=O)OC(C)(C)C)C(=O)O)CCNC(=O)OC(C)(C)C. The topological polar surface area (TPSA) is 152 Å². The maximum absolute atomic E-state index is 12.0. The zero-order chi connectivity index (χ0) is 29.1. The van der Waals surface area contributed by atoms with Crippen LogP contribution < -0.4 is 16.0 Å². The normalized spacial score (nSPS) is 13.2. The zero-order valence-electron chi connectivity index (χ0n) is 24.3. The molecule has 0 heterocycles. The molecule has 0 fully saturated rings. The van der Waals surface area contributed by atoms with Crippen LogP contribution in [-0.4, -0.2) is 96.5 Å². The number of nitrogens with zero attached hydrogens (tertiary/aromatic N) is 1. The van der Waals surface area contributed by atoms with E-state index in [-0.39, 0.29) is 6.42 Å². The summed E-state index contributed by atoms with van der Waals surface area (Å²) in [5, 5.41) is 17.4. The number of amides is 3. The van der Waals surface area contributed by atoms with Gasteiger partial charge in [-0.25, -0.2) is 19.2 Å². The lowest BCUT2D eigenvalue weighted by molar-refractivity contribution is -0.907. The Labute approximate surface area is 221 Å². The second-order valence-corrected chi connectivity index (χ2v) is 12.3. The standard InChI is InChI=1S/C25H48N4O8/c1-23(2,3)35-20(32)26-13-16-29(10,17-14-27-21(33)36-24(4,5)6)15-11-12-18(19(30)31)28-22(34)37-25(7,8)9/h18H,11-17H2,1-10H3,(H3-,26,27,28,30,31,32,33,34)/p+1/t18-/m0/s1. The average Bonchev–Trinajstić information content (AvgIpc) is 2.62. The monoisotopic (exact) mass is 533 g/mol. The van der Waals surface area contributed by atoms with Crippen molar-refractivity contribution < 1.29 is 43.0 Å². The number of alkyl carbamates (subject to hydrolysis) is 3. The van der Waals surface area contributed by atoms with Crippen molar-refractivity contribution in [3.8, 4) is 0 Å². The van der Waals surface area contributed by atoms with Crippen LogP contribution in [0.3, 0.4) is 0 Å². The van der Waals surface area contributed by atoms with Crippen molar-refractivity contribution in [2.45, 2.75) is 98.0 Å². The predicted molar refractivity (Wildman–Crippen MR) is 139 cm³/mol. The highest BCUT2D eigenvalue weighted by Crippen LogP contribution is 2.11. The number of likely N-dealkylation sites (N-methyl/N-ethyl adjacent to an activating group) is 1. The summed E-state index contributed by atoms with van der Waals surface area (Å²) in [4.78, 5) is 47.8. The Morgan fingerprint density at radius 1 is 0.703 bits per heavy atom. The van der Waals surface area contributed by atoms with E-state index in [0.29, 0.717) is 43.6 Å². The number of aliphatic carboxylic acids is 1. The van der Waals surface area contributed by atoms with E-state index in [9.17, 15) is 24.3 Å². The number of carboxylic acid groups (broad SMARTS) is 1. The van der Waals surface area contributed by atoms with E-state index in [0.717, 1.165) is 0 Å². The zero-order valence-corrected chi connectivity index (χ0v) is 24.3. The number of carboxylic acids is 1. The van der Waals surface area contributed by atoms with Crippen LogP contribution in [0.25, 0.3) is 0 Å². The van der Waals surface area contributed by atoms with E-state index < -0.39 is 47.1 Å². The highest BCUT2D eigenvalue weighted by molar-refractivity contribution is 5.79. The molecule has 0 aromatic rings. The van der Waals surface area contributed by atoms with Crippen molar-refractivity contribution in [3.05, 3.63) is 0 Å². The molecule has 0 aromatic carbocycles. The molecule has 0 unspecified atom stereocenters. The van der Waals surface area contributed by atoms with Gasteiger partial charge in [0.05, 0.1) is 39.8 Å². The minimum atomic E-state index is -1.15. The smallest absolute Gasteiger partial charge is 0.408 e. The number of ether oxygens (including phenoxy) is 3. The van der Waals surface area contributed by atoms with Crippen LogP contribution in [0.5, 0.6) is 0 Å². The van der Waals surface area contributed by atoms with Gasteiger partial charge in [-0.1, -0.05) is 0 Å². The van der Waals surface area contributed by atoms with Crippen molar-refractivity contribution in [1.29, 1.82) is 0 Å². The number of carbonyl (C=O) groups is 4. The fourth-order valence-corrected chi connectivity index (χ4v) is 3.20. The third-order valence-corrected chi connectivity index (χ3v) is 4.82. The molecule has 1 atom stereocenters. The Kier molecular flexibility index (Phi) is 13.2. The van der Waals surface area contributed by atoms with Crippen molar-refractivity contribution in [2.75, 3.05) is 39.8 Å².